The fourth-order valence-electron chi connectivity index (χ4n) is 1.92. The SMILES string of the molecule is COc1ccc(Cl)cc1C(=O)/C=C/c1ccc([O-])c([N+](=O)[O-])c1. The normalized spacial score (nSPS) is 10.7. The second kappa shape index (κ2) is 6.93. The Kier molecular flexibility index (Phi) is 4.98. The molecule has 2 aromatic carbocycles. The molecule has 0 aliphatic heterocycles. The van der Waals surface area contributed by atoms with Crippen molar-refractivity contribution in [3.63, 3.8) is 0 Å². The Morgan fingerprint density at radius 1 is 1.26 bits per heavy atom. The summed E-state index contributed by atoms with van der Waals surface area (Å²) < 4.78 is 5.10. The highest BCUT2D eigenvalue weighted by Crippen LogP contribution is 2.26. The number of methoxy groups -OCH3 is 1. The first-order valence-electron chi connectivity index (χ1n) is 6.44. The second-order valence-corrected chi connectivity index (χ2v) is 4.96. The lowest BCUT2D eigenvalue weighted by atomic mass is 10.1. The second-order valence-electron chi connectivity index (χ2n) is 4.53. The van der Waals surface area contributed by atoms with Gasteiger partial charge in [0.2, 0.25) is 0 Å². The summed E-state index contributed by atoms with van der Waals surface area (Å²) in [7, 11) is 1.43. The summed E-state index contributed by atoms with van der Waals surface area (Å²) in [6.07, 6.45) is 2.62. The van der Waals surface area contributed by atoms with Crippen LogP contribution >= 0.6 is 11.6 Å². The van der Waals surface area contributed by atoms with Crippen LogP contribution in [0.4, 0.5) is 5.69 Å². The molecule has 0 aromatic heterocycles. The molecule has 0 saturated carbocycles. The van der Waals surface area contributed by atoms with Crippen LogP contribution in [0.15, 0.2) is 42.5 Å². The third-order valence-corrected chi connectivity index (χ3v) is 3.27. The molecule has 0 aliphatic rings. The van der Waals surface area contributed by atoms with E-state index in [0.717, 1.165) is 12.1 Å². The molecule has 0 fully saturated rings. The molecule has 0 heterocycles. The van der Waals surface area contributed by atoms with Crippen LogP contribution in [-0.2, 0) is 0 Å². The van der Waals surface area contributed by atoms with Gasteiger partial charge in [-0.15, -0.1) is 0 Å². The van der Waals surface area contributed by atoms with Crippen LogP contribution in [0.3, 0.4) is 0 Å². The summed E-state index contributed by atoms with van der Waals surface area (Å²) in [5.74, 6) is -0.696. The van der Waals surface area contributed by atoms with E-state index >= 15 is 0 Å². The summed E-state index contributed by atoms with van der Waals surface area (Å²) in [5, 5.41) is 22.5. The number of hydrogen-bond acceptors (Lipinski definition) is 5. The summed E-state index contributed by atoms with van der Waals surface area (Å²) in [4.78, 5) is 22.2. The fourth-order valence-corrected chi connectivity index (χ4v) is 2.09. The molecule has 0 unspecified atom stereocenters. The van der Waals surface area contributed by atoms with Gasteiger partial charge in [0.15, 0.2) is 5.78 Å². The van der Waals surface area contributed by atoms with Gasteiger partial charge >= 0.3 is 0 Å². The molecule has 0 atom stereocenters. The number of rotatable bonds is 5. The molecule has 2 rings (SSSR count). The van der Waals surface area contributed by atoms with Crippen LogP contribution < -0.4 is 9.84 Å². The summed E-state index contributed by atoms with van der Waals surface area (Å²) in [5.41, 5.74) is 0.0942. The minimum absolute atomic E-state index is 0.270. The first kappa shape index (κ1) is 16.5. The first-order chi connectivity index (χ1) is 10.9. The van der Waals surface area contributed by atoms with Crippen molar-refractivity contribution in [3.8, 4) is 11.5 Å². The molecule has 7 heteroatoms. The van der Waals surface area contributed by atoms with Gasteiger partial charge in [-0.1, -0.05) is 29.8 Å². The van der Waals surface area contributed by atoms with E-state index in [4.69, 9.17) is 16.3 Å². The molecular formula is C16H11ClNO5-. The maximum Gasteiger partial charge on any atom is 0.262 e. The van der Waals surface area contributed by atoms with Crippen LogP contribution in [0.5, 0.6) is 11.5 Å². The topological polar surface area (TPSA) is 92.5 Å². The Labute approximate surface area is 136 Å². The number of ketones is 1. The Hall–Kier alpha value is -2.86. The van der Waals surface area contributed by atoms with Crippen molar-refractivity contribution >= 4 is 29.1 Å². The molecule has 0 saturated heterocycles. The van der Waals surface area contributed by atoms with Gasteiger partial charge in [0, 0.05) is 11.1 Å². The minimum Gasteiger partial charge on any atom is -0.868 e. The highest BCUT2D eigenvalue weighted by Gasteiger charge is 2.11. The molecule has 118 valence electrons. The van der Waals surface area contributed by atoms with E-state index in [-0.39, 0.29) is 11.3 Å². The molecule has 0 spiro atoms. The average Bonchev–Trinajstić information content (AvgIpc) is 2.53. The predicted octanol–water partition coefficient (Wildman–Crippen LogP) is 3.23. The van der Waals surface area contributed by atoms with Crippen LogP contribution in [0.1, 0.15) is 15.9 Å². The zero-order valence-electron chi connectivity index (χ0n) is 12.0. The van der Waals surface area contributed by atoms with Crippen molar-refractivity contribution < 1.29 is 19.6 Å². The molecule has 0 N–H and O–H groups in total. The lowest BCUT2D eigenvalue weighted by molar-refractivity contribution is -0.398. The number of halogens is 1. The van der Waals surface area contributed by atoms with Gasteiger partial charge in [0.05, 0.1) is 17.6 Å². The van der Waals surface area contributed by atoms with Crippen molar-refractivity contribution in [3.05, 3.63) is 68.7 Å². The van der Waals surface area contributed by atoms with Gasteiger partial charge < -0.3 is 9.84 Å². The standard InChI is InChI=1S/C16H12ClNO5/c1-23-16-7-4-11(17)9-12(16)14(19)5-2-10-3-6-15(20)13(8-10)18(21)22/h2-9,20H,1H3/p-1/b5-2+. The van der Waals surface area contributed by atoms with E-state index in [1.54, 1.807) is 12.1 Å². The number of carbonyl (C=O) groups excluding carboxylic acids is 1. The molecule has 2 aromatic rings. The van der Waals surface area contributed by atoms with Gasteiger partial charge in [-0.25, -0.2) is 0 Å². The van der Waals surface area contributed by atoms with E-state index in [2.05, 4.69) is 0 Å². The Bertz CT molecular complexity index is 801. The van der Waals surface area contributed by atoms with Crippen LogP contribution in [-0.4, -0.2) is 17.8 Å². The van der Waals surface area contributed by atoms with Gasteiger partial charge in [-0.2, -0.15) is 0 Å². The van der Waals surface area contributed by atoms with E-state index in [0.29, 0.717) is 16.3 Å². The van der Waals surface area contributed by atoms with Crippen molar-refractivity contribution in [2.75, 3.05) is 7.11 Å². The minimum atomic E-state index is -0.762. The van der Waals surface area contributed by atoms with E-state index in [9.17, 15) is 20.0 Å². The molecule has 0 bridgehead atoms. The van der Waals surface area contributed by atoms with Gasteiger partial charge in [0.1, 0.15) is 5.75 Å². The quantitative estimate of drug-likeness (QED) is 0.363. The maximum atomic E-state index is 12.2. The number of hydrogen-bond donors (Lipinski definition) is 0. The number of ether oxygens (including phenoxy) is 1. The van der Waals surface area contributed by atoms with Crippen molar-refractivity contribution in [2.45, 2.75) is 0 Å². The maximum absolute atomic E-state index is 12.2. The average molecular weight is 333 g/mol. The van der Waals surface area contributed by atoms with Gasteiger partial charge in [0.25, 0.3) is 5.69 Å². The lowest BCUT2D eigenvalue weighted by Crippen LogP contribution is -1.99. The van der Waals surface area contributed by atoms with Gasteiger partial charge in [-0.3, -0.25) is 14.9 Å². The Balaban J connectivity index is 2.30. The zero-order valence-corrected chi connectivity index (χ0v) is 12.7. The third-order valence-electron chi connectivity index (χ3n) is 3.03. The summed E-state index contributed by atoms with van der Waals surface area (Å²) in [6, 6.07) is 8.23. The number of nitro benzene ring substituents is 1. The van der Waals surface area contributed by atoms with Crippen LogP contribution in [0.25, 0.3) is 6.08 Å². The lowest BCUT2D eigenvalue weighted by Gasteiger charge is -2.07. The summed E-state index contributed by atoms with van der Waals surface area (Å²) in [6.45, 7) is 0. The van der Waals surface area contributed by atoms with Crippen molar-refractivity contribution in [1.82, 2.24) is 0 Å². The highest BCUT2D eigenvalue weighted by atomic mass is 35.5. The highest BCUT2D eigenvalue weighted by molar-refractivity contribution is 6.31. The molecule has 0 aliphatic carbocycles. The van der Waals surface area contributed by atoms with Crippen LogP contribution in [0.2, 0.25) is 5.02 Å². The van der Waals surface area contributed by atoms with Crippen molar-refractivity contribution in [1.29, 1.82) is 0 Å². The number of carbonyl (C=O) groups is 1. The summed E-state index contributed by atoms with van der Waals surface area (Å²) >= 11 is 5.87. The number of nitro groups is 1. The predicted molar refractivity (Wildman–Crippen MR) is 83.9 cm³/mol. The first-order valence-corrected chi connectivity index (χ1v) is 6.81. The van der Waals surface area contributed by atoms with Crippen molar-refractivity contribution in [2.24, 2.45) is 0 Å². The largest absolute Gasteiger partial charge is 0.868 e. The van der Waals surface area contributed by atoms with E-state index in [1.165, 1.54) is 31.4 Å². The number of allylic oxidation sites excluding steroid dienone is 1. The van der Waals surface area contributed by atoms with E-state index < -0.39 is 16.4 Å². The smallest absolute Gasteiger partial charge is 0.262 e. The van der Waals surface area contributed by atoms with Crippen LogP contribution in [0, 0.1) is 10.1 Å². The van der Waals surface area contributed by atoms with Gasteiger partial charge in [-0.05, 0) is 35.6 Å². The molecular weight excluding hydrogens is 322 g/mol. The van der Waals surface area contributed by atoms with E-state index in [1.807, 2.05) is 0 Å². The molecule has 0 radical (unpaired) electrons. The number of nitrogens with zero attached hydrogens (tertiary/aromatic N) is 1. The Morgan fingerprint density at radius 2 is 2.00 bits per heavy atom. The molecule has 23 heavy (non-hydrogen) atoms. The fraction of sp³-hybridized carbons (Fsp3) is 0.0625. The Morgan fingerprint density at radius 3 is 2.65 bits per heavy atom. The molecule has 6 nitrogen and oxygen atoms in total. The zero-order chi connectivity index (χ0) is 17.0. The third kappa shape index (κ3) is 3.87. The molecule has 0 amide bonds. The monoisotopic (exact) mass is 332 g/mol. The number of benzene rings is 2.